The molecule has 1 aliphatic carbocycles. The van der Waals surface area contributed by atoms with E-state index >= 15 is 0 Å². The first-order valence-corrected chi connectivity index (χ1v) is 20.4. The predicted octanol–water partition coefficient (Wildman–Crippen LogP) is 13.1. The van der Waals surface area contributed by atoms with Crippen LogP contribution in [-0.2, 0) is 5.41 Å². The number of nitrogens with zero attached hydrogens (tertiary/aromatic N) is 4. The van der Waals surface area contributed by atoms with Crippen molar-refractivity contribution in [3.05, 3.63) is 216 Å². The molecule has 1 spiro atoms. The molecule has 0 bridgehead atoms. The molecule has 0 unspecified atom stereocenters. The topological polar surface area (TPSA) is 51.6 Å². The van der Waals surface area contributed by atoms with Gasteiger partial charge in [0.2, 0.25) is 0 Å². The van der Waals surface area contributed by atoms with E-state index in [1.165, 1.54) is 48.6 Å². The first kappa shape index (κ1) is 33.0. The molecule has 58 heavy (non-hydrogen) atoms. The Labute approximate surface area is 340 Å². The molecule has 3 heterocycles. The van der Waals surface area contributed by atoms with Crippen LogP contribution in [0.5, 0.6) is 0 Å². The highest BCUT2D eigenvalue weighted by molar-refractivity contribution is 7.99. The summed E-state index contributed by atoms with van der Waals surface area (Å²) in [6.45, 7) is 0. The molecule has 5 heteroatoms. The van der Waals surface area contributed by atoms with Crippen molar-refractivity contribution in [3.8, 4) is 56.5 Å². The second-order valence-electron chi connectivity index (χ2n) is 14.9. The molecule has 0 fully saturated rings. The zero-order valence-electron chi connectivity index (χ0n) is 31.2. The number of pyridine rings is 1. The van der Waals surface area contributed by atoms with Gasteiger partial charge in [-0.25, -0.2) is 19.9 Å². The second-order valence-corrected chi connectivity index (χ2v) is 16.0. The van der Waals surface area contributed by atoms with Crippen molar-refractivity contribution in [2.45, 2.75) is 15.2 Å². The Morgan fingerprint density at radius 3 is 1.55 bits per heavy atom. The summed E-state index contributed by atoms with van der Waals surface area (Å²) in [6.07, 6.45) is 0. The van der Waals surface area contributed by atoms with E-state index in [1.54, 1.807) is 0 Å². The molecule has 0 saturated heterocycles. The minimum absolute atomic E-state index is 0.464. The van der Waals surface area contributed by atoms with E-state index in [0.717, 1.165) is 44.2 Å². The van der Waals surface area contributed by atoms with E-state index in [-0.39, 0.29) is 0 Å². The van der Waals surface area contributed by atoms with Gasteiger partial charge in [0.25, 0.3) is 0 Å². The maximum Gasteiger partial charge on any atom is 0.164 e. The van der Waals surface area contributed by atoms with E-state index in [0.29, 0.717) is 17.5 Å². The molecule has 10 aromatic rings. The molecule has 2 aliphatic rings. The molecule has 2 aromatic heterocycles. The summed E-state index contributed by atoms with van der Waals surface area (Å²) in [7, 11) is 0. The van der Waals surface area contributed by atoms with Crippen molar-refractivity contribution in [2.24, 2.45) is 0 Å². The fourth-order valence-electron chi connectivity index (χ4n) is 9.26. The number of fused-ring (bicyclic) bond motifs is 12. The average Bonchev–Trinajstić information content (AvgIpc) is 3.59. The maximum absolute atomic E-state index is 5.43. The Kier molecular flexibility index (Phi) is 7.34. The number of hydrogen-bond donors (Lipinski definition) is 0. The highest BCUT2D eigenvalue weighted by atomic mass is 32.2. The van der Waals surface area contributed by atoms with Crippen molar-refractivity contribution in [3.63, 3.8) is 0 Å². The highest BCUT2D eigenvalue weighted by Crippen LogP contribution is 2.62. The van der Waals surface area contributed by atoms with E-state index < -0.39 is 5.41 Å². The van der Waals surface area contributed by atoms with E-state index in [2.05, 4.69) is 133 Å². The number of para-hydroxylation sites is 1. The van der Waals surface area contributed by atoms with Crippen LogP contribution in [0.25, 0.3) is 78.2 Å². The van der Waals surface area contributed by atoms with Gasteiger partial charge in [-0.1, -0.05) is 176 Å². The minimum atomic E-state index is -0.464. The van der Waals surface area contributed by atoms with Crippen molar-refractivity contribution < 1.29 is 0 Å². The van der Waals surface area contributed by atoms with Gasteiger partial charge in [-0.15, -0.1) is 0 Å². The molecular formula is C53H32N4S. The van der Waals surface area contributed by atoms with Gasteiger partial charge in [-0.05, 0) is 69.1 Å². The molecular weight excluding hydrogens is 725 g/mol. The Balaban J connectivity index is 1.10. The summed E-state index contributed by atoms with van der Waals surface area (Å²) in [5, 5.41) is 3.43. The van der Waals surface area contributed by atoms with Crippen molar-refractivity contribution in [1.82, 2.24) is 19.9 Å². The summed E-state index contributed by atoms with van der Waals surface area (Å²) in [4.78, 5) is 23.0. The molecule has 270 valence electrons. The standard InChI is InChI=1S/C53H32N4S/c1-3-16-33(17-4-1)50-55-51(34-18-5-2-6-19-34)57-52(56-50)36-21-15-20-35(30-36)49-41-32-48-45(31-40(41)39-24-9-13-28-46(39)54-49)53(44-27-12-14-29-47(44)58-48)42-25-10-7-22-37(42)38-23-8-11-26-43(38)53/h1-32H. The lowest BCUT2D eigenvalue weighted by Crippen LogP contribution is -2.32. The molecule has 0 atom stereocenters. The van der Waals surface area contributed by atoms with Crippen LogP contribution in [-0.4, -0.2) is 19.9 Å². The van der Waals surface area contributed by atoms with Gasteiger partial charge in [0.1, 0.15) is 0 Å². The normalized spacial score (nSPS) is 13.2. The van der Waals surface area contributed by atoms with E-state index in [4.69, 9.17) is 19.9 Å². The van der Waals surface area contributed by atoms with Crippen molar-refractivity contribution in [1.29, 1.82) is 0 Å². The summed E-state index contributed by atoms with van der Waals surface area (Å²) in [5.41, 5.74) is 13.1. The largest absolute Gasteiger partial charge is 0.247 e. The predicted molar refractivity (Wildman–Crippen MR) is 236 cm³/mol. The molecule has 0 N–H and O–H groups in total. The van der Waals surface area contributed by atoms with Crippen LogP contribution in [0.4, 0.5) is 0 Å². The van der Waals surface area contributed by atoms with Crippen molar-refractivity contribution >= 4 is 33.4 Å². The fraction of sp³-hybridized carbons (Fsp3) is 0.0189. The lowest BCUT2D eigenvalue weighted by Gasteiger charge is -2.40. The van der Waals surface area contributed by atoms with Gasteiger partial charge in [0, 0.05) is 42.8 Å². The van der Waals surface area contributed by atoms with Crippen LogP contribution >= 0.6 is 11.8 Å². The molecule has 1 aliphatic heterocycles. The van der Waals surface area contributed by atoms with E-state index in [9.17, 15) is 0 Å². The minimum Gasteiger partial charge on any atom is -0.247 e. The zero-order chi connectivity index (χ0) is 38.2. The van der Waals surface area contributed by atoms with Crippen LogP contribution in [0.15, 0.2) is 204 Å². The summed E-state index contributed by atoms with van der Waals surface area (Å²) in [6, 6.07) is 69.1. The Morgan fingerprint density at radius 1 is 0.328 bits per heavy atom. The molecule has 0 amide bonds. The molecule has 4 nitrogen and oxygen atoms in total. The van der Waals surface area contributed by atoms with Gasteiger partial charge < -0.3 is 0 Å². The third kappa shape index (κ3) is 4.90. The van der Waals surface area contributed by atoms with Crippen molar-refractivity contribution in [2.75, 3.05) is 0 Å². The summed E-state index contributed by atoms with van der Waals surface area (Å²) >= 11 is 1.86. The first-order valence-electron chi connectivity index (χ1n) is 19.6. The van der Waals surface area contributed by atoms with Gasteiger partial charge in [-0.2, -0.15) is 0 Å². The number of hydrogen-bond acceptors (Lipinski definition) is 5. The SMILES string of the molecule is c1ccc(-c2nc(-c3ccccc3)nc(-c3cccc(-c4nc5ccccc5c5cc6c(cc45)Sc4ccccc4C64c5ccccc5-c5ccccc54)c3)n2)cc1. The monoisotopic (exact) mass is 756 g/mol. The van der Waals surface area contributed by atoms with Crippen LogP contribution in [0.1, 0.15) is 22.3 Å². The fourth-order valence-corrected chi connectivity index (χ4v) is 10.5. The Hall–Kier alpha value is -7.21. The maximum atomic E-state index is 5.43. The summed E-state index contributed by atoms with van der Waals surface area (Å²) < 4.78 is 0. The lowest BCUT2D eigenvalue weighted by molar-refractivity contribution is 0.724. The van der Waals surface area contributed by atoms with Crippen LogP contribution in [0.2, 0.25) is 0 Å². The number of benzene rings is 8. The lowest BCUT2D eigenvalue weighted by atomic mass is 9.67. The number of rotatable bonds is 4. The second kappa shape index (κ2) is 12.9. The average molecular weight is 757 g/mol. The number of aromatic nitrogens is 4. The van der Waals surface area contributed by atoms with Crippen LogP contribution < -0.4 is 0 Å². The van der Waals surface area contributed by atoms with E-state index in [1.807, 2.05) is 72.4 Å². The molecule has 0 saturated carbocycles. The third-order valence-electron chi connectivity index (χ3n) is 11.8. The molecule has 0 radical (unpaired) electrons. The summed E-state index contributed by atoms with van der Waals surface area (Å²) in [5.74, 6) is 1.89. The molecule has 12 rings (SSSR count). The Morgan fingerprint density at radius 2 is 0.862 bits per heavy atom. The van der Waals surface area contributed by atoms with Gasteiger partial charge >= 0.3 is 0 Å². The third-order valence-corrected chi connectivity index (χ3v) is 12.9. The van der Waals surface area contributed by atoms with Crippen LogP contribution in [0, 0.1) is 0 Å². The van der Waals surface area contributed by atoms with Gasteiger partial charge in [0.15, 0.2) is 17.5 Å². The van der Waals surface area contributed by atoms with Gasteiger partial charge in [0.05, 0.1) is 16.6 Å². The first-order chi connectivity index (χ1) is 28.7. The zero-order valence-corrected chi connectivity index (χ0v) is 32.0. The van der Waals surface area contributed by atoms with Crippen LogP contribution in [0.3, 0.4) is 0 Å². The van der Waals surface area contributed by atoms with Gasteiger partial charge in [-0.3, -0.25) is 0 Å². The Bertz CT molecular complexity index is 3170. The smallest absolute Gasteiger partial charge is 0.164 e. The highest BCUT2D eigenvalue weighted by Gasteiger charge is 2.50. The quantitative estimate of drug-likeness (QED) is 0.167. The molecule has 8 aromatic carbocycles.